The van der Waals surface area contributed by atoms with Gasteiger partial charge in [-0.1, -0.05) is 72.2 Å². The zero-order valence-corrected chi connectivity index (χ0v) is 29.0. The molecule has 0 aliphatic carbocycles. The third-order valence-electron chi connectivity index (χ3n) is 9.06. The third-order valence-corrected chi connectivity index (χ3v) is 9.06. The number of ether oxygens (including phenoxy) is 1. The molecule has 3 aromatic carbocycles. The van der Waals surface area contributed by atoms with Crippen molar-refractivity contribution in [1.29, 1.82) is 0 Å². The van der Waals surface area contributed by atoms with Gasteiger partial charge in [0.25, 0.3) is 5.91 Å². The average molecular weight is 663 g/mol. The lowest BCUT2D eigenvalue weighted by atomic mass is 9.78. The highest BCUT2D eigenvalue weighted by Gasteiger charge is 2.41. The van der Waals surface area contributed by atoms with Crippen molar-refractivity contribution in [2.24, 2.45) is 0 Å². The predicted octanol–water partition coefficient (Wildman–Crippen LogP) is 7.74. The number of likely N-dealkylation sites (tertiary alicyclic amines) is 1. The molecule has 1 heterocycles. The summed E-state index contributed by atoms with van der Waals surface area (Å²) < 4.78 is 33.0. The Morgan fingerprint density at radius 1 is 0.875 bits per heavy atom. The lowest BCUT2D eigenvalue weighted by molar-refractivity contribution is -0.141. The van der Waals surface area contributed by atoms with Crippen LogP contribution in [0.25, 0.3) is 0 Å². The van der Waals surface area contributed by atoms with Crippen molar-refractivity contribution < 1.29 is 33.0 Å². The number of amides is 2. The van der Waals surface area contributed by atoms with Crippen molar-refractivity contribution in [3.05, 3.63) is 100 Å². The number of hydrogen-bond acceptors (Lipinski definition) is 4. The summed E-state index contributed by atoms with van der Waals surface area (Å²) in [6.45, 7) is 12.3. The van der Waals surface area contributed by atoms with E-state index in [2.05, 4.69) is 5.32 Å². The summed E-state index contributed by atoms with van der Waals surface area (Å²) in [6, 6.07) is 14.5. The van der Waals surface area contributed by atoms with Crippen molar-refractivity contribution in [2.45, 2.75) is 102 Å². The second-order valence-electron chi connectivity index (χ2n) is 14.8. The Morgan fingerprint density at radius 3 is 1.81 bits per heavy atom. The molecule has 258 valence electrons. The van der Waals surface area contributed by atoms with Crippen LogP contribution in [0.2, 0.25) is 0 Å². The summed E-state index contributed by atoms with van der Waals surface area (Å²) in [5.74, 6) is -1.77. The Balaban J connectivity index is 1.42. The smallest absolute Gasteiger partial charge is 0.326 e. The number of unbranched alkanes of at least 4 members (excludes halogenated alkanes) is 1. The van der Waals surface area contributed by atoms with Gasteiger partial charge in [-0.15, -0.1) is 0 Å². The van der Waals surface area contributed by atoms with Crippen LogP contribution in [0.3, 0.4) is 0 Å². The van der Waals surface area contributed by atoms with Crippen LogP contribution in [0, 0.1) is 11.6 Å². The number of carboxylic acid groups (broad SMARTS) is 1. The van der Waals surface area contributed by atoms with Crippen molar-refractivity contribution in [3.8, 4) is 5.75 Å². The first-order valence-electron chi connectivity index (χ1n) is 16.6. The van der Waals surface area contributed by atoms with Gasteiger partial charge in [-0.25, -0.2) is 13.6 Å². The number of benzene rings is 3. The van der Waals surface area contributed by atoms with Gasteiger partial charge in [0, 0.05) is 48.0 Å². The fourth-order valence-corrected chi connectivity index (χ4v) is 6.50. The van der Waals surface area contributed by atoms with Gasteiger partial charge in [-0.2, -0.15) is 0 Å². The van der Waals surface area contributed by atoms with E-state index in [0.717, 1.165) is 28.0 Å². The zero-order valence-electron chi connectivity index (χ0n) is 29.0. The summed E-state index contributed by atoms with van der Waals surface area (Å²) in [6.07, 6.45) is 2.26. The number of halogens is 2. The van der Waals surface area contributed by atoms with E-state index in [-0.39, 0.29) is 53.7 Å². The lowest BCUT2D eigenvalue weighted by Crippen LogP contribution is -2.41. The molecular formula is C39H48F2N2O5. The van der Waals surface area contributed by atoms with Gasteiger partial charge in [0.1, 0.15) is 23.4 Å². The van der Waals surface area contributed by atoms with Gasteiger partial charge in [-0.3, -0.25) is 9.59 Å². The Kier molecular flexibility index (Phi) is 11.3. The highest BCUT2D eigenvalue weighted by molar-refractivity contribution is 5.98. The molecule has 2 atom stereocenters. The number of methoxy groups -OCH3 is 1. The van der Waals surface area contributed by atoms with E-state index in [1.807, 2.05) is 41.5 Å². The summed E-state index contributed by atoms with van der Waals surface area (Å²) in [5, 5.41) is 13.0. The Hall–Kier alpha value is -4.27. The number of carbonyl (C=O) groups excluding carboxylic acids is 2. The predicted molar refractivity (Wildman–Crippen MR) is 183 cm³/mol. The second kappa shape index (κ2) is 14.9. The summed E-state index contributed by atoms with van der Waals surface area (Å²) in [4.78, 5) is 40.6. The van der Waals surface area contributed by atoms with Crippen LogP contribution in [0.1, 0.15) is 112 Å². The minimum atomic E-state index is -1.12. The van der Waals surface area contributed by atoms with Crippen LogP contribution >= 0.6 is 0 Å². The molecule has 2 N–H and O–H groups in total. The molecule has 0 aromatic heterocycles. The molecule has 0 saturated carbocycles. The molecule has 48 heavy (non-hydrogen) atoms. The number of hydrogen-bond donors (Lipinski definition) is 2. The molecule has 1 saturated heterocycles. The van der Waals surface area contributed by atoms with Crippen molar-refractivity contribution >= 4 is 17.8 Å². The molecule has 9 heteroatoms. The second-order valence-corrected chi connectivity index (χ2v) is 14.8. The molecule has 7 nitrogen and oxygen atoms in total. The minimum Gasteiger partial charge on any atom is -0.496 e. The first kappa shape index (κ1) is 36.6. The molecule has 0 radical (unpaired) electrons. The van der Waals surface area contributed by atoms with E-state index in [1.54, 1.807) is 43.5 Å². The number of carboxylic acids is 1. The first-order chi connectivity index (χ1) is 22.5. The van der Waals surface area contributed by atoms with Crippen LogP contribution in [0.4, 0.5) is 8.78 Å². The zero-order chi connectivity index (χ0) is 35.4. The highest BCUT2D eigenvalue weighted by Crippen LogP contribution is 2.41. The molecule has 3 aromatic rings. The third kappa shape index (κ3) is 8.79. The number of nitrogens with one attached hydrogen (secondary N) is 1. The van der Waals surface area contributed by atoms with Gasteiger partial charge in [-0.05, 0) is 71.2 Å². The molecule has 1 unspecified atom stereocenters. The van der Waals surface area contributed by atoms with Gasteiger partial charge < -0.3 is 20.1 Å². The van der Waals surface area contributed by atoms with E-state index < -0.39 is 24.0 Å². The Labute approximate surface area is 282 Å². The van der Waals surface area contributed by atoms with Crippen LogP contribution in [0.5, 0.6) is 5.75 Å². The van der Waals surface area contributed by atoms with Crippen LogP contribution < -0.4 is 10.1 Å². The van der Waals surface area contributed by atoms with E-state index in [4.69, 9.17) is 4.74 Å². The highest BCUT2D eigenvalue weighted by atomic mass is 19.1. The molecule has 1 fully saturated rings. The van der Waals surface area contributed by atoms with Gasteiger partial charge in [0.05, 0.1) is 7.11 Å². The average Bonchev–Trinajstić information content (AvgIpc) is 3.44. The maximum absolute atomic E-state index is 14.0. The molecule has 0 bridgehead atoms. The first-order valence-corrected chi connectivity index (χ1v) is 16.6. The van der Waals surface area contributed by atoms with Crippen molar-refractivity contribution in [3.63, 3.8) is 0 Å². The van der Waals surface area contributed by atoms with Crippen molar-refractivity contribution in [2.75, 3.05) is 13.7 Å². The Bertz CT molecular complexity index is 1530. The SMILES string of the molecule is COc1c(C(C)(C)C)cc(C(=O)N2CC(NC(=O)CCCCC(c3ccc(F)cc3)c3ccc(F)cc3)C[C@H]2C(=O)O)cc1C(C)(C)C. The minimum absolute atomic E-state index is 0.0838. The number of carbonyl (C=O) groups is 3. The molecule has 1 aliphatic heterocycles. The largest absolute Gasteiger partial charge is 0.496 e. The monoisotopic (exact) mass is 662 g/mol. The summed E-state index contributed by atoms with van der Waals surface area (Å²) in [5.41, 5.74) is 3.24. The molecule has 4 rings (SSSR count). The van der Waals surface area contributed by atoms with E-state index in [1.165, 1.54) is 29.2 Å². The Morgan fingerprint density at radius 2 is 1.38 bits per heavy atom. The number of rotatable bonds is 11. The molecule has 0 spiro atoms. The molecule has 2 amide bonds. The number of aliphatic carboxylic acids is 1. The van der Waals surface area contributed by atoms with Crippen LogP contribution in [0.15, 0.2) is 60.7 Å². The normalized spacial score (nSPS) is 16.7. The fraction of sp³-hybridized carbons (Fsp3) is 0.462. The topological polar surface area (TPSA) is 95.9 Å². The summed E-state index contributed by atoms with van der Waals surface area (Å²) >= 11 is 0. The molecular weight excluding hydrogens is 614 g/mol. The number of nitrogens with zero attached hydrogens (tertiary/aromatic N) is 1. The van der Waals surface area contributed by atoms with Gasteiger partial charge >= 0.3 is 5.97 Å². The quantitative estimate of drug-likeness (QED) is 0.205. The van der Waals surface area contributed by atoms with Crippen molar-refractivity contribution in [1.82, 2.24) is 10.2 Å². The van der Waals surface area contributed by atoms with E-state index >= 15 is 0 Å². The van der Waals surface area contributed by atoms with Gasteiger partial charge in [0.15, 0.2) is 0 Å². The summed E-state index contributed by atoms with van der Waals surface area (Å²) in [7, 11) is 1.62. The molecule has 1 aliphatic rings. The maximum atomic E-state index is 14.0. The van der Waals surface area contributed by atoms with Crippen LogP contribution in [-0.4, -0.2) is 53.5 Å². The van der Waals surface area contributed by atoms with E-state index in [9.17, 15) is 28.3 Å². The lowest BCUT2D eigenvalue weighted by Gasteiger charge is -2.30. The maximum Gasteiger partial charge on any atom is 0.326 e. The standard InChI is InChI=1S/C39H48F2N2O5/c1-38(2,3)31-20-26(21-32(35(31)48-7)39(4,5)6)36(45)43-23-29(22-33(43)37(46)47)42-34(44)11-9-8-10-30(24-12-16-27(40)17-13-24)25-14-18-28(41)19-15-25/h12-21,29-30,33H,8-11,22-23H2,1-7H3,(H,42,44)(H,46,47)/t29?,33-/m0/s1. The van der Waals surface area contributed by atoms with E-state index in [0.29, 0.717) is 24.8 Å². The fourth-order valence-electron chi connectivity index (χ4n) is 6.50. The van der Waals surface area contributed by atoms with Gasteiger partial charge in [0.2, 0.25) is 5.91 Å². The van der Waals surface area contributed by atoms with Crippen LogP contribution in [-0.2, 0) is 20.4 Å².